The van der Waals surface area contributed by atoms with Crippen LogP contribution >= 0.6 is 0 Å². The normalized spacial score (nSPS) is 18.3. The lowest BCUT2D eigenvalue weighted by Gasteiger charge is -2.33. The first-order valence-electron chi connectivity index (χ1n) is 9.69. The van der Waals surface area contributed by atoms with Crippen LogP contribution in [0.3, 0.4) is 0 Å². The van der Waals surface area contributed by atoms with Gasteiger partial charge in [0.05, 0.1) is 6.61 Å². The number of carbonyl (C=O) groups is 2. The highest BCUT2D eigenvalue weighted by molar-refractivity contribution is 5.82. The fraction of sp³-hybridized carbons (Fsp3) is 0.364. The van der Waals surface area contributed by atoms with Crippen LogP contribution in [0.1, 0.15) is 24.0 Å². The average molecular weight is 380 g/mol. The number of benzene rings is 2. The first kappa shape index (κ1) is 18.5. The first-order chi connectivity index (χ1) is 13.7. The van der Waals surface area contributed by atoms with Gasteiger partial charge >= 0.3 is 12.1 Å². The first-order valence-corrected chi connectivity index (χ1v) is 9.69. The fourth-order valence-electron chi connectivity index (χ4n) is 4.05. The van der Waals surface area contributed by atoms with Gasteiger partial charge in [0.15, 0.2) is 0 Å². The highest BCUT2D eigenvalue weighted by Crippen LogP contribution is 2.44. The molecule has 0 radical (unpaired) electrons. The Balaban J connectivity index is 1.49. The van der Waals surface area contributed by atoms with Crippen molar-refractivity contribution in [3.8, 4) is 11.1 Å². The standard InChI is InChI=1S/C22H24N2O4/c1-2-27-21(25)20-13-23-11-12-24(20)22(26)28-14-19-17-9-5-3-7-15(17)16-8-4-6-10-18(16)19/h3-10,19-20,23H,2,11-14H2,1H3/t20-/m0/s1. The predicted octanol–water partition coefficient (Wildman–Crippen LogP) is 2.77. The molecule has 1 fully saturated rings. The Hall–Kier alpha value is -2.86. The van der Waals surface area contributed by atoms with Crippen LogP contribution in [0, 0.1) is 0 Å². The van der Waals surface area contributed by atoms with E-state index in [1.54, 1.807) is 6.92 Å². The molecule has 1 atom stereocenters. The second kappa shape index (κ2) is 8.02. The van der Waals surface area contributed by atoms with Gasteiger partial charge in [-0.2, -0.15) is 0 Å². The van der Waals surface area contributed by atoms with Crippen molar-refractivity contribution in [2.45, 2.75) is 18.9 Å². The molecule has 0 saturated carbocycles. The van der Waals surface area contributed by atoms with Crippen LogP contribution < -0.4 is 5.32 Å². The molecule has 1 saturated heterocycles. The molecule has 6 heteroatoms. The zero-order valence-electron chi connectivity index (χ0n) is 15.9. The molecule has 0 spiro atoms. The Morgan fingerprint density at radius 2 is 1.68 bits per heavy atom. The Morgan fingerprint density at radius 3 is 2.32 bits per heavy atom. The zero-order chi connectivity index (χ0) is 19.5. The predicted molar refractivity (Wildman–Crippen MR) is 105 cm³/mol. The molecule has 0 bridgehead atoms. The van der Waals surface area contributed by atoms with E-state index in [2.05, 4.69) is 29.6 Å². The molecule has 2 aromatic carbocycles. The van der Waals surface area contributed by atoms with Crippen molar-refractivity contribution in [2.75, 3.05) is 32.8 Å². The molecule has 2 aliphatic rings. The summed E-state index contributed by atoms with van der Waals surface area (Å²) in [4.78, 5) is 26.4. The minimum absolute atomic E-state index is 0.000286. The maximum Gasteiger partial charge on any atom is 0.410 e. The fourth-order valence-corrected chi connectivity index (χ4v) is 4.05. The third-order valence-corrected chi connectivity index (χ3v) is 5.37. The topological polar surface area (TPSA) is 67.9 Å². The quantitative estimate of drug-likeness (QED) is 0.826. The number of nitrogens with one attached hydrogen (secondary N) is 1. The number of ether oxygens (including phenoxy) is 2. The van der Waals surface area contributed by atoms with Crippen molar-refractivity contribution in [1.82, 2.24) is 10.2 Å². The smallest absolute Gasteiger partial charge is 0.410 e. The van der Waals surface area contributed by atoms with Gasteiger partial charge in [0.2, 0.25) is 0 Å². The summed E-state index contributed by atoms with van der Waals surface area (Å²) in [6, 6.07) is 15.8. The molecule has 0 unspecified atom stereocenters. The zero-order valence-corrected chi connectivity index (χ0v) is 15.9. The van der Waals surface area contributed by atoms with E-state index in [0.717, 1.165) is 0 Å². The van der Waals surface area contributed by atoms with Gasteiger partial charge in [-0.1, -0.05) is 48.5 Å². The molecule has 4 rings (SSSR count). The SMILES string of the molecule is CCOC(=O)[C@@H]1CNCCN1C(=O)OCC1c2ccccc2-c2ccccc21. The van der Waals surface area contributed by atoms with Crippen LogP contribution in [0.25, 0.3) is 11.1 Å². The third-order valence-electron chi connectivity index (χ3n) is 5.37. The number of fused-ring (bicyclic) bond motifs is 3. The summed E-state index contributed by atoms with van der Waals surface area (Å²) in [6.07, 6.45) is -0.471. The van der Waals surface area contributed by atoms with E-state index in [4.69, 9.17) is 9.47 Å². The second-order valence-corrected chi connectivity index (χ2v) is 6.97. The van der Waals surface area contributed by atoms with Crippen LogP contribution in [0.5, 0.6) is 0 Å². The Labute approximate surface area is 164 Å². The van der Waals surface area contributed by atoms with Gasteiger partial charge in [0.25, 0.3) is 0 Å². The van der Waals surface area contributed by atoms with Crippen LogP contribution in [0.2, 0.25) is 0 Å². The summed E-state index contributed by atoms with van der Waals surface area (Å²) in [5.41, 5.74) is 4.70. The molecule has 0 aromatic heterocycles. The Kier molecular flexibility index (Phi) is 5.30. The molecular weight excluding hydrogens is 356 g/mol. The lowest BCUT2D eigenvalue weighted by molar-refractivity contribution is -0.149. The van der Waals surface area contributed by atoms with Crippen molar-refractivity contribution in [3.05, 3.63) is 59.7 Å². The number of esters is 1. The van der Waals surface area contributed by atoms with Crippen molar-refractivity contribution >= 4 is 12.1 Å². The van der Waals surface area contributed by atoms with Gasteiger partial charge in [0.1, 0.15) is 12.6 Å². The summed E-state index contributed by atoms with van der Waals surface area (Å²) in [7, 11) is 0. The molecule has 1 aliphatic heterocycles. The molecule has 28 heavy (non-hydrogen) atoms. The third kappa shape index (κ3) is 3.36. The largest absolute Gasteiger partial charge is 0.464 e. The molecule has 1 aliphatic carbocycles. The van der Waals surface area contributed by atoms with Crippen molar-refractivity contribution in [1.29, 1.82) is 0 Å². The minimum Gasteiger partial charge on any atom is -0.464 e. The Bertz CT molecular complexity index is 837. The molecule has 146 valence electrons. The van der Waals surface area contributed by atoms with Gasteiger partial charge in [-0.05, 0) is 29.2 Å². The Morgan fingerprint density at radius 1 is 1.04 bits per heavy atom. The van der Waals surface area contributed by atoms with Gasteiger partial charge in [0, 0.05) is 25.6 Å². The maximum absolute atomic E-state index is 12.8. The van der Waals surface area contributed by atoms with E-state index in [0.29, 0.717) is 19.6 Å². The van der Waals surface area contributed by atoms with Gasteiger partial charge in [-0.15, -0.1) is 0 Å². The number of rotatable bonds is 4. The van der Waals surface area contributed by atoms with Crippen molar-refractivity contribution in [2.24, 2.45) is 0 Å². The van der Waals surface area contributed by atoms with E-state index in [1.165, 1.54) is 27.2 Å². The van der Waals surface area contributed by atoms with Crippen molar-refractivity contribution in [3.63, 3.8) is 0 Å². The summed E-state index contributed by atoms with van der Waals surface area (Å²) < 4.78 is 10.8. The maximum atomic E-state index is 12.8. The van der Waals surface area contributed by atoms with Crippen LogP contribution in [0.4, 0.5) is 4.79 Å². The molecule has 1 N–H and O–H groups in total. The second-order valence-electron chi connectivity index (χ2n) is 6.97. The molecule has 6 nitrogen and oxygen atoms in total. The molecule has 2 aromatic rings. The van der Waals surface area contributed by atoms with E-state index < -0.39 is 18.1 Å². The lowest BCUT2D eigenvalue weighted by Crippen LogP contribution is -2.57. The number of nitrogens with zero attached hydrogens (tertiary/aromatic N) is 1. The number of piperazine rings is 1. The number of hydrogen-bond acceptors (Lipinski definition) is 5. The monoisotopic (exact) mass is 380 g/mol. The summed E-state index contributed by atoms with van der Waals surface area (Å²) in [5, 5.41) is 3.13. The van der Waals surface area contributed by atoms with Crippen molar-refractivity contribution < 1.29 is 19.1 Å². The number of carbonyl (C=O) groups excluding carboxylic acids is 2. The van der Waals surface area contributed by atoms with Crippen LogP contribution in [-0.4, -0.2) is 55.9 Å². The summed E-state index contributed by atoms with van der Waals surface area (Å²) in [5.74, 6) is -0.400. The average Bonchev–Trinajstić information content (AvgIpc) is 3.06. The molecular formula is C22H24N2O4. The lowest BCUT2D eigenvalue weighted by atomic mass is 9.98. The number of amides is 1. The highest BCUT2D eigenvalue weighted by Gasteiger charge is 2.35. The summed E-state index contributed by atoms with van der Waals surface area (Å²) in [6.45, 7) is 3.70. The van der Waals surface area contributed by atoms with Crippen LogP contribution in [0.15, 0.2) is 48.5 Å². The van der Waals surface area contributed by atoms with E-state index in [-0.39, 0.29) is 19.1 Å². The van der Waals surface area contributed by atoms with Gasteiger partial charge < -0.3 is 14.8 Å². The van der Waals surface area contributed by atoms with Gasteiger partial charge in [-0.3, -0.25) is 4.90 Å². The summed E-state index contributed by atoms with van der Waals surface area (Å²) >= 11 is 0. The van der Waals surface area contributed by atoms with E-state index >= 15 is 0 Å². The van der Waals surface area contributed by atoms with E-state index in [1.807, 2.05) is 24.3 Å². The van der Waals surface area contributed by atoms with Gasteiger partial charge in [-0.25, -0.2) is 9.59 Å². The minimum atomic E-state index is -0.649. The van der Waals surface area contributed by atoms with Crippen LogP contribution in [-0.2, 0) is 14.3 Å². The molecule has 1 heterocycles. The molecule has 1 amide bonds. The van der Waals surface area contributed by atoms with E-state index in [9.17, 15) is 9.59 Å². The number of hydrogen-bond donors (Lipinski definition) is 1. The highest BCUT2D eigenvalue weighted by atomic mass is 16.6.